The zero-order chi connectivity index (χ0) is 9.98. The summed E-state index contributed by atoms with van der Waals surface area (Å²) >= 11 is 0. The zero-order valence-electron chi connectivity index (χ0n) is 7.83. The molecule has 1 atom stereocenters. The fourth-order valence-electron chi connectivity index (χ4n) is 0.880. The Labute approximate surface area is 73.4 Å². The summed E-state index contributed by atoms with van der Waals surface area (Å²) in [6.45, 7) is 6.37. The van der Waals surface area contributed by atoms with Gasteiger partial charge in [0.05, 0.1) is 6.07 Å². The second-order valence-corrected chi connectivity index (χ2v) is 2.95. The van der Waals surface area contributed by atoms with Gasteiger partial charge in [-0.15, -0.1) is 0 Å². The van der Waals surface area contributed by atoms with E-state index in [9.17, 15) is 0 Å². The van der Waals surface area contributed by atoms with Crippen molar-refractivity contribution in [1.29, 1.82) is 5.26 Å². The molecule has 1 unspecified atom stereocenters. The highest BCUT2D eigenvalue weighted by molar-refractivity contribution is 5.20. The van der Waals surface area contributed by atoms with E-state index in [1.807, 2.05) is 0 Å². The van der Waals surface area contributed by atoms with E-state index < -0.39 is 0 Å². The van der Waals surface area contributed by atoms with Crippen molar-refractivity contribution in [2.45, 2.75) is 33.6 Å². The molecule has 0 aromatic carbocycles. The summed E-state index contributed by atoms with van der Waals surface area (Å²) in [4.78, 5) is 16.2. The van der Waals surface area contributed by atoms with E-state index in [1.54, 1.807) is 0 Å². The van der Waals surface area contributed by atoms with E-state index in [0.717, 1.165) is 12.8 Å². The van der Waals surface area contributed by atoms with Gasteiger partial charge in [0.15, 0.2) is 0 Å². The van der Waals surface area contributed by atoms with Crippen molar-refractivity contribution in [1.82, 2.24) is 0 Å². The van der Waals surface area contributed by atoms with Gasteiger partial charge in [-0.05, 0) is 18.8 Å². The van der Waals surface area contributed by atoms with Crippen molar-refractivity contribution < 1.29 is 9.59 Å². The molecule has 0 aromatic heterocycles. The molecule has 0 aromatic rings. The van der Waals surface area contributed by atoms with Crippen LogP contribution < -0.4 is 0 Å². The predicted molar refractivity (Wildman–Crippen MR) is 43.9 cm³/mol. The van der Waals surface area contributed by atoms with Gasteiger partial charge in [0.1, 0.15) is 0 Å². The molecule has 68 valence electrons. The quantitative estimate of drug-likeness (QED) is 0.649. The topological polar surface area (TPSA) is 57.9 Å². The molecule has 0 aliphatic carbocycles. The van der Waals surface area contributed by atoms with Gasteiger partial charge in [0, 0.05) is 5.92 Å². The molecule has 0 spiro atoms. The number of hydrogen-bond donors (Lipinski definition) is 0. The highest BCUT2D eigenvalue weighted by Gasteiger charge is 2.05. The van der Waals surface area contributed by atoms with Crippen LogP contribution in [0.2, 0.25) is 0 Å². The molecule has 0 aliphatic rings. The van der Waals surface area contributed by atoms with Gasteiger partial charge in [-0.1, -0.05) is 20.8 Å². The number of nitriles is 1. The Balaban J connectivity index is 0. The van der Waals surface area contributed by atoms with Gasteiger partial charge >= 0.3 is 6.15 Å². The van der Waals surface area contributed by atoms with Gasteiger partial charge in [0.2, 0.25) is 0 Å². The summed E-state index contributed by atoms with van der Waals surface area (Å²) in [5.41, 5.74) is 0. The van der Waals surface area contributed by atoms with E-state index in [4.69, 9.17) is 14.9 Å². The molecule has 0 rings (SSSR count). The van der Waals surface area contributed by atoms with E-state index in [2.05, 4.69) is 26.8 Å². The molecule has 3 heteroatoms. The maximum atomic E-state index is 8.52. The summed E-state index contributed by atoms with van der Waals surface area (Å²) in [7, 11) is 0. The van der Waals surface area contributed by atoms with E-state index in [-0.39, 0.29) is 12.1 Å². The normalized spacial score (nSPS) is 10.6. The summed E-state index contributed by atoms with van der Waals surface area (Å²) in [5, 5.41) is 8.52. The first-order chi connectivity index (χ1) is 5.62. The third kappa shape index (κ3) is 11.6. The lowest BCUT2D eigenvalue weighted by Crippen LogP contribution is -1.99. The number of carbonyl (C=O) groups excluding carboxylic acids is 2. The van der Waals surface area contributed by atoms with Crippen LogP contribution in [0.1, 0.15) is 33.6 Å². The second kappa shape index (κ2) is 9.87. The molecule has 0 amide bonds. The van der Waals surface area contributed by atoms with Crippen LogP contribution in [-0.2, 0) is 9.59 Å². The highest BCUT2D eigenvalue weighted by Crippen LogP contribution is 2.12. The zero-order valence-corrected chi connectivity index (χ0v) is 7.83. The maximum absolute atomic E-state index is 8.52. The minimum atomic E-state index is 0.250. The third-order valence-corrected chi connectivity index (χ3v) is 1.43. The van der Waals surface area contributed by atoms with Crippen molar-refractivity contribution >= 4 is 6.15 Å². The minimum Gasteiger partial charge on any atom is -0.198 e. The lowest BCUT2D eigenvalue weighted by molar-refractivity contribution is -0.191. The first kappa shape index (κ1) is 13.5. The van der Waals surface area contributed by atoms with Gasteiger partial charge in [0.25, 0.3) is 0 Å². The second-order valence-electron chi connectivity index (χ2n) is 2.95. The summed E-state index contributed by atoms with van der Waals surface area (Å²) in [6, 6.07) is 2.28. The Kier molecular flexibility index (Phi) is 11.1. The molecule has 0 heterocycles. The number of hydrogen-bond acceptors (Lipinski definition) is 3. The van der Waals surface area contributed by atoms with Crippen molar-refractivity contribution in [3.63, 3.8) is 0 Å². The largest absolute Gasteiger partial charge is 0.373 e. The summed E-state index contributed by atoms with van der Waals surface area (Å²) < 4.78 is 0. The van der Waals surface area contributed by atoms with E-state index in [1.165, 1.54) is 0 Å². The van der Waals surface area contributed by atoms with Crippen LogP contribution in [0.5, 0.6) is 0 Å². The Bertz CT molecular complexity index is 164. The third-order valence-electron chi connectivity index (χ3n) is 1.43. The molecule has 0 aliphatic heterocycles. The van der Waals surface area contributed by atoms with Gasteiger partial charge in [-0.2, -0.15) is 14.9 Å². The fourth-order valence-corrected chi connectivity index (χ4v) is 0.880. The van der Waals surface area contributed by atoms with Gasteiger partial charge in [-0.25, -0.2) is 0 Å². The molecule has 3 nitrogen and oxygen atoms in total. The molecular formula is C9H15NO2. The summed E-state index contributed by atoms with van der Waals surface area (Å²) in [6.07, 6.45) is 2.29. The predicted octanol–water partition coefficient (Wildman–Crippen LogP) is 2.00. The molecule has 12 heavy (non-hydrogen) atoms. The van der Waals surface area contributed by atoms with E-state index in [0.29, 0.717) is 5.92 Å². The fraction of sp³-hybridized carbons (Fsp3) is 0.778. The van der Waals surface area contributed by atoms with Crippen molar-refractivity contribution in [2.75, 3.05) is 0 Å². The maximum Gasteiger partial charge on any atom is 0.373 e. The van der Waals surface area contributed by atoms with Crippen LogP contribution in [0.25, 0.3) is 0 Å². The number of nitrogens with zero attached hydrogens (tertiary/aromatic N) is 1. The van der Waals surface area contributed by atoms with Crippen LogP contribution >= 0.6 is 0 Å². The molecule has 0 saturated heterocycles. The lowest BCUT2D eigenvalue weighted by Gasteiger charge is -2.07. The Hall–Kier alpha value is -1.13. The SMILES string of the molecule is CCC(C#N)CC(C)C.O=C=O. The highest BCUT2D eigenvalue weighted by atomic mass is 16.2. The van der Waals surface area contributed by atoms with Crippen LogP contribution in [0.3, 0.4) is 0 Å². The lowest BCUT2D eigenvalue weighted by atomic mass is 9.96. The average molecular weight is 169 g/mol. The van der Waals surface area contributed by atoms with Crippen molar-refractivity contribution in [2.24, 2.45) is 11.8 Å². The molecule has 0 bridgehead atoms. The monoisotopic (exact) mass is 169 g/mol. The number of rotatable bonds is 3. The van der Waals surface area contributed by atoms with Crippen LogP contribution in [-0.4, -0.2) is 6.15 Å². The average Bonchev–Trinajstić information content (AvgIpc) is 2.01. The Morgan fingerprint density at radius 2 is 1.75 bits per heavy atom. The van der Waals surface area contributed by atoms with Gasteiger partial charge < -0.3 is 0 Å². The van der Waals surface area contributed by atoms with Crippen LogP contribution in [0.15, 0.2) is 0 Å². The first-order valence-corrected chi connectivity index (χ1v) is 4.01. The Morgan fingerprint density at radius 3 is 1.83 bits per heavy atom. The minimum absolute atomic E-state index is 0.250. The standard InChI is InChI=1S/C8H15N.CO2/c1-4-8(6-9)5-7(2)3;2-1-3/h7-8H,4-5H2,1-3H3;. The van der Waals surface area contributed by atoms with Crippen LogP contribution in [0.4, 0.5) is 0 Å². The van der Waals surface area contributed by atoms with Gasteiger partial charge in [-0.3, -0.25) is 0 Å². The van der Waals surface area contributed by atoms with Crippen LogP contribution in [0, 0.1) is 23.2 Å². The molecule has 0 saturated carbocycles. The molecule has 0 radical (unpaired) electrons. The van der Waals surface area contributed by atoms with Crippen molar-refractivity contribution in [3.8, 4) is 6.07 Å². The Morgan fingerprint density at radius 1 is 1.33 bits per heavy atom. The molecular weight excluding hydrogens is 154 g/mol. The first-order valence-electron chi connectivity index (χ1n) is 4.01. The summed E-state index contributed by atoms with van der Waals surface area (Å²) in [5.74, 6) is 0.944. The smallest absolute Gasteiger partial charge is 0.198 e. The van der Waals surface area contributed by atoms with E-state index >= 15 is 0 Å². The van der Waals surface area contributed by atoms with Crippen molar-refractivity contribution in [3.05, 3.63) is 0 Å². The molecule has 0 N–H and O–H groups in total. The molecule has 0 fully saturated rings.